The molecule has 96 valence electrons. The molecule has 0 aliphatic carbocycles. The zero-order valence-electron chi connectivity index (χ0n) is 10.5. The Hall–Kier alpha value is -1.94. The van der Waals surface area contributed by atoms with E-state index in [0.717, 1.165) is 12.1 Å². The molecule has 1 rings (SSSR count). The van der Waals surface area contributed by atoms with Crippen LogP contribution in [0, 0.1) is 0 Å². The summed E-state index contributed by atoms with van der Waals surface area (Å²) >= 11 is 0. The van der Waals surface area contributed by atoms with Gasteiger partial charge in [0, 0.05) is 13.1 Å². The molecule has 0 unspecified atom stereocenters. The van der Waals surface area contributed by atoms with E-state index in [4.69, 9.17) is 0 Å². The van der Waals surface area contributed by atoms with Gasteiger partial charge in [-0.3, -0.25) is 9.59 Å². The van der Waals surface area contributed by atoms with Crippen LogP contribution in [0.2, 0.25) is 0 Å². The Morgan fingerprint density at radius 1 is 1.17 bits per heavy atom. The van der Waals surface area contributed by atoms with Gasteiger partial charge in [0.1, 0.15) is 0 Å². The Kier molecular flexibility index (Phi) is 6.43. The van der Waals surface area contributed by atoms with Crippen molar-refractivity contribution in [1.29, 1.82) is 0 Å². The van der Waals surface area contributed by atoms with Gasteiger partial charge in [-0.15, -0.1) is 0 Å². The Morgan fingerprint density at radius 2 is 1.89 bits per heavy atom. The molecule has 0 fully saturated rings. The van der Waals surface area contributed by atoms with Gasteiger partial charge < -0.3 is 10.6 Å². The summed E-state index contributed by atoms with van der Waals surface area (Å²) in [6.07, 6.45) is 2.92. The lowest BCUT2D eigenvalue weighted by Crippen LogP contribution is -2.35. The van der Waals surface area contributed by atoms with Crippen LogP contribution >= 0.6 is 0 Å². The van der Waals surface area contributed by atoms with E-state index in [1.807, 2.05) is 37.3 Å². The largest absolute Gasteiger partial charge is 0.348 e. The molecule has 0 bridgehead atoms. The van der Waals surface area contributed by atoms with E-state index < -0.39 is 11.7 Å². The minimum absolute atomic E-state index is 0.456. The molecule has 0 heterocycles. The predicted molar refractivity (Wildman–Crippen MR) is 72.0 cm³/mol. The molecule has 1 aromatic rings. The Labute approximate surface area is 107 Å². The molecule has 0 aliphatic rings. The summed E-state index contributed by atoms with van der Waals surface area (Å²) in [5, 5.41) is 5.61. The van der Waals surface area contributed by atoms with E-state index in [-0.39, 0.29) is 0 Å². The maximum absolute atomic E-state index is 11.5. The third kappa shape index (κ3) is 5.41. The van der Waals surface area contributed by atoms with Crippen molar-refractivity contribution in [3.63, 3.8) is 0 Å². The zero-order chi connectivity index (χ0) is 13.2. The second kappa shape index (κ2) is 8.20. The first-order valence-corrected chi connectivity index (χ1v) is 6.00. The average Bonchev–Trinajstić information content (AvgIpc) is 2.42. The van der Waals surface area contributed by atoms with Crippen molar-refractivity contribution in [2.45, 2.75) is 6.92 Å². The molecule has 18 heavy (non-hydrogen) atoms. The van der Waals surface area contributed by atoms with Gasteiger partial charge in [0.05, 0.1) is 0 Å². The number of nitrogens with one attached hydrogen (secondary N) is 2. The first kappa shape index (κ1) is 14.1. The lowest BCUT2D eigenvalue weighted by molar-refractivity contribution is -0.135. The van der Waals surface area contributed by atoms with Gasteiger partial charge >= 0.3 is 0 Å². The summed E-state index contributed by atoms with van der Waals surface area (Å²) in [6, 6.07) is 9.38. The molecular weight excluding hydrogens is 228 g/mol. The van der Waals surface area contributed by atoms with E-state index in [0.29, 0.717) is 13.1 Å². The second-order valence-electron chi connectivity index (χ2n) is 3.72. The standard InChI is InChI=1S/C14H18N2O2/c1-2-15-10-11-16-14(18)13(17)9-8-12-6-4-3-5-7-12/h3-9,15H,2,10-11H2,1H3,(H,16,18). The van der Waals surface area contributed by atoms with Gasteiger partial charge in [-0.25, -0.2) is 0 Å². The molecule has 0 radical (unpaired) electrons. The second-order valence-corrected chi connectivity index (χ2v) is 3.72. The van der Waals surface area contributed by atoms with Crippen molar-refractivity contribution in [3.05, 3.63) is 42.0 Å². The number of rotatable bonds is 7. The molecule has 4 heteroatoms. The number of hydrogen-bond acceptors (Lipinski definition) is 3. The molecule has 2 N–H and O–H groups in total. The van der Waals surface area contributed by atoms with Gasteiger partial charge in [-0.1, -0.05) is 43.3 Å². The van der Waals surface area contributed by atoms with Gasteiger partial charge in [-0.2, -0.15) is 0 Å². The first-order valence-electron chi connectivity index (χ1n) is 6.00. The van der Waals surface area contributed by atoms with Gasteiger partial charge in [0.25, 0.3) is 5.91 Å². The number of likely N-dealkylation sites (N-methyl/N-ethyl adjacent to an activating group) is 1. The van der Waals surface area contributed by atoms with Crippen molar-refractivity contribution < 1.29 is 9.59 Å². The van der Waals surface area contributed by atoms with E-state index >= 15 is 0 Å². The highest BCUT2D eigenvalue weighted by molar-refractivity contribution is 6.41. The molecular formula is C14H18N2O2. The van der Waals surface area contributed by atoms with Crippen molar-refractivity contribution in [2.24, 2.45) is 0 Å². The number of ketones is 1. The number of hydrogen-bond donors (Lipinski definition) is 2. The first-order chi connectivity index (χ1) is 8.74. The van der Waals surface area contributed by atoms with Crippen LogP contribution in [0.25, 0.3) is 6.08 Å². The van der Waals surface area contributed by atoms with E-state index in [1.54, 1.807) is 6.08 Å². The predicted octanol–water partition coefficient (Wildman–Crippen LogP) is 0.995. The summed E-state index contributed by atoms with van der Waals surface area (Å²) in [6.45, 7) is 3.95. The van der Waals surface area contributed by atoms with Crippen LogP contribution in [0.3, 0.4) is 0 Å². The van der Waals surface area contributed by atoms with Crippen molar-refractivity contribution >= 4 is 17.8 Å². The fraction of sp³-hybridized carbons (Fsp3) is 0.286. The quantitative estimate of drug-likeness (QED) is 0.428. The number of carbonyl (C=O) groups is 2. The highest BCUT2D eigenvalue weighted by atomic mass is 16.2. The van der Waals surface area contributed by atoms with Crippen LogP contribution in [0.15, 0.2) is 36.4 Å². The number of carbonyl (C=O) groups excluding carboxylic acids is 2. The Morgan fingerprint density at radius 3 is 2.56 bits per heavy atom. The maximum atomic E-state index is 11.5. The smallest absolute Gasteiger partial charge is 0.291 e. The number of benzene rings is 1. The van der Waals surface area contributed by atoms with E-state index in [1.165, 1.54) is 6.08 Å². The normalized spacial score (nSPS) is 10.5. The molecule has 0 aliphatic heterocycles. The summed E-state index contributed by atoms with van der Waals surface area (Å²) in [5.74, 6) is -1.10. The molecule has 0 saturated carbocycles. The molecule has 0 spiro atoms. The molecule has 0 aromatic heterocycles. The van der Waals surface area contributed by atoms with Crippen molar-refractivity contribution in [3.8, 4) is 0 Å². The minimum Gasteiger partial charge on any atom is -0.348 e. The summed E-state index contributed by atoms with van der Waals surface area (Å²) in [5.41, 5.74) is 0.895. The molecule has 0 atom stereocenters. The summed E-state index contributed by atoms with van der Waals surface area (Å²) < 4.78 is 0. The van der Waals surface area contributed by atoms with E-state index in [9.17, 15) is 9.59 Å². The van der Waals surface area contributed by atoms with Crippen LogP contribution in [-0.4, -0.2) is 31.3 Å². The van der Waals surface area contributed by atoms with Crippen molar-refractivity contribution in [1.82, 2.24) is 10.6 Å². The fourth-order valence-electron chi connectivity index (χ4n) is 1.34. The average molecular weight is 246 g/mol. The molecule has 4 nitrogen and oxygen atoms in total. The van der Waals surface area contributed by atoms with Crippen LogP contribution < -0.4 is 10.6 Å². The molecule has 1 amide bonds. The molecule has 1 aromatic carbocycles. The maximum Gasteiger partial charge on any atom is 0.291 e. The Bertz CT molecular complexity index is 413. The van der Waals surface area contributed by atoms with Gasteiger partial charge in [0.2, 0.25) is 5.78 Å². The summed E-state index contributed by atoms with van der Waals surface area (Å²) in [4.78, 5) is 22.8. The highest BCUT2D eigenvalue weighted by Gasteiger charge is 2.08. The van der Waals surface area contributed by atoms with Gasteiger partial charge in [-0.05, 0) is 18.2 Å². The topological polar surface area (TPSA) is 58.2 Å². The van der Waals surface area contributed by atoms with Crippen LogP contribution in [0.5, 0.6) is 0 Å². The molecule has 0 saturated heterocycles. The third-order valence-electron chi connectivity index (χ3n) is 2.29. The van der Waals surface area contributed by atoms with Crippen LogP contribution in [0.4, 0.5) is 0 Å². The zero-order valence-corrected chi connectivity index (χ0v) is 10.5. The highest BCUT2D eigenvalue weighted by Crippen LogP contribution is 2.00. The lowest BCUT2D eigenvalue weighted by Gasteiger charge is -2.02. The van der Waals surface area contributed by atoms with Crippen molar-refractivity contribution in [2.75, 3.05) is 19.6 Å². The summed E-state index contributed by atoms with van der Waals surface area (Å²) in [7, 11) is 0. The Balaban J connectivity index is 2.36. The minimum atomic E-state index is -0.569. The monoisotopic (exact) mass is 246 g/mol. The van der Waals surface area contributed by atoms with Crippen LogP contribution in [-0.2, 0) is 9.59 Å². The SMILES string of the molecule is CCNCCNC(=O)C(=O)C=Cc1ccccc1. The fourth-order valence-corrected chi connectivity index (χ4v) is 1.34. The van der Waals surface area contributed by atoms with Gasteiger partial charge in [0.15, 0.2) is 0 Å². The van der Waals surface area contributed by atoms with Crippen LogP contribution in [0.1, 0.15) is 12.5 Å². The van der Waals surface area contributed by atoms with E-state index in [2.05, 4.69) is 10.6 Å². The number of amides is 1. The third-order valence-corrected chi connectivity index (χ3v) is 2.29. The lowest BCUT2D eigenvalue weighted by atomic mass is 10.2.